The van der Waals surface area contributed by atoms with Crippen molar-refractivity contribution >= 4 is 0 Å². The Morgan fingerprint density at radius 3 is 2.29 bits per heavy atom. The van der Waals surface area contributed by atoms with Gasteiger partial charge < -0.3 is 5.32 Å². The Hall–Kier alpha value is -1.67. The highest BCUT2D eigenvalue weighted by atomic mass is 15.1. The Labute approximate surface area is 127 Å². The van der Waals surface area contributed by atoms with Crippen molar-refractivity contribution in [2.45, 2.75) is 50.6 Å². The monoisotopic (exact) mass is 280 g/mol. The van der Waals surface area contributed by atoms with Crippen LogP contribution in [0.2, 0.25) is 0 Å². The molecule has 1 aliphatic rings. The maximum atomic E-state index is 4.17. The van der Waals surface area contributed by atoms with Crippen molar-refractivity contribution in [2.75, 3.05) is 0 Å². The zero-order chi connectivity index (χ0) is 14.7. The summed E-state index contributed by atoms with van der Waals surface area (Å²) in [5.41, 5.74) is 3.02. The van der Waals surface area contributed by atoms with Gasteiger partial charge in [-0.1, -0.05) is 44.2 Å². The van der Waals surface area contributed by atoms with Crippen molar-refractivity contribution in [3.63, 3.8) is 0 Å². The molecule has 2 aromatic rings. The van der Waals surface area contributed by atoms with Gasteiger partial charge in [0.15, 0.2) is 0 Å². The van der Waals surface area contributed by atoms with Gasteiger partial charge in [0.05, 0.1) is 0 Å². The average Bonchev–Trinajstić information content (AvgIpc) is 2.97. The van der Waals surface area contributed by atoms with Crippen LogP contribution in [0.15, 0.2) is 54.9 Å². The Morgan fingerprint density at radius 1 is 1.00 bits per heavy atom. The first-order chi connectivity index (χ1) is 10.3. The number of hydrogen-bond acceptors (Lipinski definition) is 2. The lowest BCUT2D eigenvalue weighted by Crippen LogP contribution is -2.43. The summed E-state index contributed by atoms with van der Waals surface area (Å²) in [6, 6.07) is 15.6. The van der Waals surface area contributed by atoms with Crippen LogP contribution in [0.25, 0.3) is 0 Å². The van der Waals surface area contributed by atoms with E-state index in [0.717, 1.165) is 19.3 Å². The van der Waals surface area contributed by atoms with E-state index >= 15 is 0 Å². The molecule has 2 unspecified atom stereocenters. The van der Waals surface area contributed by atoms with Crippen molar-refractivity contribution in [1.82, 2.24) is 10.3 Å². The zero-order valence-electron chi connectivity index (χ0n) is 12.9. The molecule has 1 N–H and O–H groups in total. The van der Waals surface area contributed by atoms with Crippen LogP contribution in [0.5, 0.6) is 0 Å². The molecule has 110 valence electrons. The van der Waals surface area contributed by atoms with E-state index in [1.54, 1.807) is 0 Å². The van der Waals surface area contributed by atoms with Crippen LogP contribution in [0.1, 0.15) is 56.2 Å². The fraction of sp³-hybridized carbons (Fsp3) is 0.421. The second-order valence-corrected chi connectivity index (χ2v) is 6.04. The molecule has 1 aromatic carbocycles. The van der Waals surface area contributed by atoms with Gasteiger partial charge in [-0.2, -0.15) is 0 Å². The summed E-state index contributed by atoms with van der Waals surface area (Å²) >= 11 is 0. The van der Waals surface area contributed by atoms with Gasteiger partial charge in [-0.15, -0.1) is 0 Å². The third kappa shape index (κ3) is 2.60. The predicted octanol–water partition coefficient (Wildman–Crippen LogP) is 4.46. The number of nitrogens with zero attached hydrogens (tertiary/aromatic N) is 1. The molecular formula is C19H24N2. The average molecular weight is 280 g/mol. The lowest BCUT2D eigenvalue weighted by molar-refractivity contribution is 0.303. The highest BCUT2D eigenvalue weighted by Gasteiger charge is 2.45. The Bertz CT molecular complexity index is 561. The topological polar surface area (TPSA) is 24.9 Å². The van der Waals surface area contributed by atoms with Crippen LogP contribution in [0.3, 0.4) is 0 Å². The van der Waals surface area contributed by atoms with Gasteiger partial charge in [0.25, 0.3) is 0 Å². The first-order valence-corrected chi connectivity index (χ1v) is 8.01. The van der Waals surface area contributed by atoms with Crippen molar-refractivity contribution in [3.05, 3.63) is 66.0 Å². The summed E-state index contributed by atoms with van der Waals surface area (Å²) in [7, 11) is 0. The Morgan fingerprint density at radius 2 is 1.67 bits per heavy atom. The molecule has 1 saturated heterocycles. The van der Waals surface area contributed by atoms with Crippen molar-refractivity contribution in [2.24, 2.45) is 0 Å². The van der Waals surface area contributed by atoms with Gasteiger partial charge in [-0.25, -0.2) is 0 Å². The van der Waals surface area contributed by atoms with Gasteiger partial charge in [0, 0.05) is 29.9 Å². The number of rotatable bonds is 4. The molecule has 0 amide bonds. The minimum absolute atomic E-state index is 0.196. The fourth-order valence-corrected chi connectivity index (χ4v) is 3.87. The maximum Gasteiger partial charge on any atom is 0.0331 e. The van der Waals surface area contributed by atoms with E-state index in [-0.39, 0.29) is 5.54 Å². The highest BCUT2D eigenvalue weighted by molar-refractivity contribution is 5.29. The molecule has 0 radical (unpaired) electrons. The van der Waals surface area contributed by atoms with Crippen molar-refractivity contribution in [3.8, 4) is 0 Å². The van der Waals surface area contributed by atoms with E-state index in [9.17, 15) is 0 Å². The molecule has 3 rings (SSSR count). The molecule has 2 nitrogen and oxygen atoms in total. The van der Waals surface area contributed by atoms with Gasteiger partial charge >= 0.3 is 0 Å². The second-order valence-electron chi connectivity index (χ2n) is 6.04. The number of benzene rings is 1. The van der Waals surface area contributed by atoms with Crippen molar-refractivity contribution < 1.29 is 0 Å². The van der Waals surface area contributed by atoms with E-state index in [1.807, 2.05) is 12.4 Å². The molecule has 1 aromatic heterocycles. The smallest absolute Gasteiger partial charge is 0.0331 e. The molecule has 2 atom stereocenters. The molecule has 21 heavy (non-hydrogen) atoms. The lowest BCUT2D eigenvalue weighted by atomic mass is 9.77. The molecule has 0 bridgehead atoms. The van der Waals surface area contributed by atoms with Crippen LogP contribution in [-0.2, 0) is 0 Å². The normalized spacial score (nSPS) is 24.1. The van der Waals surface area contributed by atoms with Gasteiger partial charge in [-0.3, -0.25) is 4.98 Å². The minimum atomic E-state index is 0.196. The zero-order valence-corrected chi connectivity index (χ0v) is 12.9. The van der Waals surface area contributed by atoms with Crippen LogP contribution >= 0.6 is 0 Å². The minimum Gasteiger partial charge on any atom is -0.304 e. The highest BCUT2D eigenvalue weighted by Crippen LogP contribution is 2.47. The van der Waals surface area contributed by atoms with Gasteiger partial charge in [-0.05, 0) is 42.5 Å². The SMILES string of the molecule is CCC1(CC)NC(c2ccccc2)CC1c1ccncc1. The molecule has 2 heteroatoms. The number of hydrogen-bond donors (Lipinski definition) is 1. The first-order valence-electron chi connectivity index (χ1n) is 8.01. The summed E-state index contributed by atoms with van der Waals surface area (Å²) in [4.78, 5) is 4.17. The van der Waals surface area contributed by atoms with Gasteiger partial charge in [0.2, 0.25) is 0 Å². The number of pyridine rings is 1. The maximum absolute atomic E-state index is 4.17. The van der Waals surface area contributed by atoms with Crippen LogP contribution in [0, 0.1) is 0 Å². The molecule has 1 fully saturated rings. The van der Waals surface area contributed by atoms with Crippen LogP contribution in [0.4, 0.5) is 0 Å². The summed E-state index contributed by atoms with van der Waals surface area (Å²) in [6.45, 7) is 4.61. The van der Waals surface area contributed by atoms with Crippen LogP contribution in [-0.4, -0.2) is 10.5 Å². The van der Waals surface area contributed by atoms with E-state index in [4.69, 9.17) is 0 Å². The largest absolute Gasteiger partial charge is 0.304 e. The first kappa shape index (κ1) is 14.3. The van der Waals surface area contributed by atoms with E-state index < -0.39 is 0 Å². The van der Waals surface area contributed by atoms with Gasteiger partial charge in [0.1, 0.15) is 0 Å². The summed E-state index contributed by atoms with van der Waals surface area (Å²) < 4.78 is 0. The van der Waals surface area contributed by atoms with E-state index in [1.165, 1.54) is 11.1 Å². The second kappa shape index (κ2) is 5.98. The summed E-state index contributed by atoms with van der Waals surface area (Å²) in [6.07, 6.45) is 7.30. The van der Waals surface area contributed by atoms with E-state index in [2.05, 4.69) is 66.6 Å². The standard InChI is InChI=1S/C19H24N2/c1-3-19(4-2)17(15-10-12-20-13-11-15)14-18(21-19)16-8-6-5-7-9-16/h5-13,17-18,21H,3-4,14H2,1-2H3. The summed E-state index contributed by atoms with van der Waals surface area (Å²) in [5.74, 6) is 0.556. The Balaban J connectivity index is 1.95. The molecule has 1 aliphatic heterocycles. The quantitative estimate of drug-likeness (QED) is 0.894. The fourth-order valence-electron chi connectivity index (χ4n) is 3.87. The molecule has 0 spiro atoms. The lowest BCUT2D eigenvalue weighted by Gasteiger charge is -2.34. The molecular weight excluding hydrogens is 256 g/mol. The number of nitrogens with one attached hydrogen (secondary N) is 1. The van der Waals surface area contributed by atoms with Crippen LogP contribution < -0.4 is 5.32 Å². The molecule has 2 heterocycles. The third-order valence-electron chi connectivity index (χ3n) is 5.17. The molecule has 0 aliphatic carbocycles. The van der Waals surface area contributed by atoms with Crippen molar-refractivity contribution in [1.29, 1.82) is 0 Å². The predicted molar refractivity (Wildman–Crippen MR) is 87.2 cm³/mol. The summed E-state index contributed by atoms with van der Waals surface area (Å²) in [5, 5.41) is 3.95. The Kier molecular flexibility index (Phi) is 4.07. The molecule has 0 saturated carbocycles. The number of aromatic nitrogens is 1. The third-order valence-corrected chi connectivity index (χ3v) is 5.17. The van der Waals surface area contributed by atoms with E-state index in [0.29, 0.717) is 12.0 Å².